The third-order valence-corrected chi connectivity index (χ3v) is 1.89. The average molecular weight is 238 g/mol. The van der Waals surface area contributed by atoms with Gasteiger partial charge in [0.15, 0.2) is 0 Å². The van der Waals surface area contributed by atoms with Gasteiger partial charge >= 0.3 is 11.9 Å². The van der Waals surface area contributed by atoms with Crippen LogP contribution in [-0.2, 0) is 0 Å². The van der Waals surface area contributed by atoms with Crippen LogP contribution < -0.4 is 5.73 Å². The van der Waals surface area contributed by atoms with Gasteiger partial charge in [-0.15, -0.1) is 0 Å². The van der Waals surface area contributed by atoms with Gasteiger partial charge < -0.3 is 5.73 Å². The highest BCUT2D eigenvalue weighted by molar-refractivity contribution is 5.38. The first-order valence-corrected chi connectivity index (χ1v) is 4.00. The molecule has 0 spiro atoms. The minimum absolute atomic E-state index is 0.764. The summed E-state index contributed by atoms with van der Waals surface area (Å²) in [5, 5.41) is 10.3. The van der Waals surface area contributed by atoms with Gasteiger partial charge in [0.1, 0.15) is 6.04 Å². The summed E-state index contributed by atoms with van der Waals surface area (Å²) in [4.78, 5) is 9.18. The Hall–Kier alpha value is -1.70. The van der Waals surface area contributed by atoms with Gasteiger partial charge in [-0.1, -0.05) is 12.1 Å². The fourth-order valence-corrected chi connectivity index (χ4v) is 1.09. The Morgan fingerprint density at radius 2 is 1.94 bits per heavy atom. The molecule has 0 bridgehead atoms. The first-order valence-electron chi connectivity index (χ1n) is 4.00. The predicted octanol–water partition coefficient (Wildman–Crippen LogP) is 2.30. The highest BCUT2D eigenvalue weighted by Crippen LogP contribution is 2.34. The number of rotatable bonds is 2. The van der Waals surface area contributed by atoms with E-state index in [9.17, 15) is 27.7 Å². The molecule has 0 aliphatic rings. The van der Waals surface area contributed by atoms with Crippen molar-refractivity contribution in [3.63, 3.8) is 0 Å². The number of alkyl halides is 3. The zero-order chi connectivity index (χ0) is 12.5. The molecule has 0 heterocycles. The number of nitro benzene ring substituents is 1. The number of nitro groups is 1. The molecule has 1 aromatic carbocycles. The number of halogens is 4. The normalized spacial score (nSPS) is 13.6. The molecule has 0 saturated heterocycles. The van der Waals surface area contributed by atoms with Crippen LogP contribution in [-0.4, -0.2) is 11.1 Å². The third kappa shape index (κ3) is 2.27. The van der Waals surface area contributed by atoms with E-state index in [1.165, 1.54) is 0 Å². The maximum Gasteiger partial charge on any atom is 0.407 e. The second-order valence-corrected chi connectivity index (χ2v) is 2.96. The zero-order valence-electron chi connectivity index (χ0n) is 7.66. The molecule has 4 nitrogen and oxygen atoms in total. The van der Waals surface area contributed by atoms with E-state index in [1.807, 2.05) is 0 Å². The van der Waals surface area contributed by atoms with E-state index in [0.29, 0.717) is 0 Å². The van der Waals surface area contributed by atoms with Gasteiger partial charge in [-0.05, 0) is 0 Å². The fraction of sp³-hybridized carbons (Fsp3) is 0.250. The minimum Gasteiger partial charge on any atom is -0.316 e. The Bertz CT molecular complexity index is 419. The summed E-state index contributed by atoms with van der Waals surface area (Å²) in [5.74, 6) is -1.56. The molecule has 1 aromatic rings. The lowest BCUT2D eigenvalue weighted by molar-refractivity contribution is -0.387. The van der Waals surface area contributed by atoms with Crippen molar-refractivity contribution in [2.45, 2.75) is 12.2 Å². The molecule has 0 aromatic heterocycles. The molecule has 0 amide bonds. The highest BCUT2D eigenvalue weighted by Gasteiger charge is 2.40. The summed E-state index contributed by atoms with van der Waals surface area (Å²) in [5.41, 5.74) is 2.78. The quantitative estimate of drug-likeness (QED) is 0.488. The molecular weight excluding hydrogens is 232 g/mol. The van der Waals surface area contributed by atoms with E-state index < -0.39 is 34.2 Å². The van der Waals surface area contributed by atoms with Gasteiger partial charge in [0.25, 0.3) is 0 Å². The summed E-state index contributed by atoms with van der Waals surface area (Å²) in [6, 6.07) is -0.0997. The Kier molecular flexibility index (Phi) is 3.13. The lowest BCUT2D eigenvalue weighted by Crippen LogP contribution is -2.29. The second kappa shape index (κ2) is 4.05. The molecule has 2 N–H and O–H groups in total. The lowest BCUT2D eigenvalue weighted by Gasteiger charge is -2.16. The van der Waals surface area contributed by atoms with Crippen LogP contribution in [0.15, 0.2) is 18.2 Å². The highest BCUT2D eigenvalue weighted by atomic mass is 19.4. The fourth-order valence-electron chi connectivity index (χ4n) is 1.09. The van der Waals surface area contributed by atoms with E-state index in [0.717, 1.165) is 18.2 Å². The van der Waals surface area contributed by atoms with Crippen LogP contribution in [0.3, 0.4) is 0 Å². The molecule has 0 aliphatic heterocycles. The Labute approximate surface area is 86.8 Å². The molecular formula is C8H6F4N2O2. The minimum atomic E-state index is -4.85. The van der Waals surface area contributed by atoms with Crippen LogP contribution in [0.5, 0.6) is 0 Å². The van der Waals surface area contributed by atoms with Gasteiger partial charge in [0.05, 0.1) is 4.92 Å². The Morgan fingerprint density at radius 1 is 1.38 bits per heavy atom. The molecule has 0 saturated carbocycles. The van der Waals surface area contributed by atoms with Crippen molar-refractivity contribution in [1.82, 2.24) is 0 Å². The largest absolute Gasteiger partial charge is 0.407 e. The summed E-state index contributed by atoms with van der Waals surface area (Å²) in [6.45, 7) is 0. The molecule has 8 heteroatoms. The number of nitrogens with zero attached hydrogens (tertiary/aromatic N) is 1. The van der Waals surface area contributed by atoms with Crippen molar-refractivity contribution in [2.75, 3.05) is 0 Å². The van der Waals surface area contributed by atoms with E-state index in [2.05, 4.69) is 0 Å². The molecule has 0 radical (unpaired) electrons. The van der Waals surface area contributed by atoms with Gasteiger partial charge in [0.2, 0.25) is 5.82 Å². The smallest absolute Gasteiger partial charge is 0.316 e. The van der Waals surface area contributed by atoms with Crippen LogP contribution in [0.1, 0.15) is 11.6 Å². The predicted molar refractivity (Wildman–Crippen MR) is 46.0 cm³/mol. The van der Waals surface area contributed by atoms with Gasteiger partial charge in [-0.25, -0.2) is 0 Å². The summed E-state index contributed by atoms with van der Waals surface area (Å²) in [7, 11) is 0. The summed E-state index contributed by atoms with van der Waals surface area (Å²) < 4.78 is 49.8. The number of hydrogen-bond acceptors (Lipinski definition) is 3. The Morgan fingerprint density at radius 3 is 2.38 bits per heavy atom. The van der Waals surface area contributed by atoms with Crippen molar-refractivity contribution in [3.05, 3.63) is 39.7 Å². The van der Waals surface area contributed by atoms with Crippen molar-refractivity contribution in [3.8, 4) is 0 Å². The standard InChI is InChI=1S/C8H6F4N2O2/c9-6-4(7(13)8(10,11)12)2-1-3-5(6)14(15)16/h1-3,7H,13H2/t7-/m1/s1. The first-order chi connectivity index (χ1) is 7.25. The van der Waals surface area contributed by atoms with Gasteiger partial charge in [-0.3, -0.25) is 10.1 Å². The summed E-state index contributed by atoms with van der Waals surface area (Å²) >= 11 is 0. The van der Waals surface area contributed by atoms with Crippen LogP contribution in [0, 0.1) is 15.9 Å². The first kappa shape index (κ1) is 12.4. The molecule has 16 heavy (non-hydrogen) atoms. The van der Waals surface area contributed by atoms with Crippen LogP contribution in [0.2, 0.25) is 0 Å². The number of hydrogen-bond donors (Lipinski definition) is 1. The second-order valence-electron chi connectivity index (χ2n) is 2.96. The third-order valence-electron chi connectivity index (χ3n) is 1.89. The van der Waals surface area contributed by atoms with Crippen molar-refractivity contribution in [1.29, 1.82) is 0 Å². The molecule has 1 atom stereocenters. The Balaban J connectivity index is 3.26. The van der Waals surface area contributed by atoms with Crippen molar-refractivity contribution >= 4 is 5.69 Å². The lowest BCUT2D eigenvalue weighted by atomic mass is 10.1. The average Bonchev–Trinajstić information content (AvgIpc) is 2.15. The molecule has 0 unspecified atom stereocenters. The number of benzene rings is 1. The SMILES string of the molecule is N[C@H](c1cccc([N+](=O)[O-])c1F)C(F)(F)F. The van der Waals surface area contributed by atoms with Crippen LogP contribution in [0.25, 0.3) is 0 Å². The van der Waals surface area contributed by atoms with E-state index in [1.54, 1.807) is 0 Å². The van der Waals surface area contributed by atoms with E-state index >= 15 is 0 Å². The zero-order valence-corrected chi connectivity index (χ0v) is 7.66. The molecule has 0 fully saturated rings. The van der Waals surface area contributed by atoms with Gasteiger partial charge in [-0.2, -0.15) is 17.6 Å². The van der Waals surface area contributed by atoms with Crippen LogP contribution >= 0.6 is 0 Å². The molecule has 0 aliphatic carbocycles. The van der Waals surface area contributed by atoms with Crippen molar-refractivity contribution < 1.29 is 22.5 Å². The monoisotopic (exact) mass is 238 g/mol. The summed E-state index contributed by atoms with van der Waals surface area (Å²) in [6.07, 6.45) is -4.85. The molecule has 1 rings (SSSR count). The molecule has 88 valence electrons. The van der Waals surface area contributed by atoms with Gasteiger partial charge in [0, 0.05) is 11.6 Å². The van der Waals surface area contributed by atoms with Crippen LogP contribution in [0.4, 0.5) is 23.2 Å². The maximum absolute atomic E-state index is 13.3. The maximum atomic E-state index is 13.3. The number of nitrogens with two attached hydrogens (primary N) is 1. The van der Waals surface area contributed by atoms with E-state index in [-0.39, 0.29) is 0 Å². The topological polar surface area (TPSA) is 69.2 Å². The van der Waals surface area contributed by atoms with Crippen molar-refractivity contribution in [2.24, 2.45) is 5.73 Å². The van der Waals surface area contributed by atoms with E-state index in [4.69, 9.17) is 5.73 Å².